The minimum atomic E-state index is -0.536. The van der Waals surface area contributed by atoms with Crippen molar-refractivity contribution in [1.29, 1.82) is 10.5 Å². The summed E-state index contributed by atoms with van der Waals surface area (Å²) >= 11 is 1.12. The van der Waals surface area contributed by atoms with Gasteiger partial charge in [-0.05, 0) is 24.6 Å². The van der Waals surface area contributed by atoms with Crippen molar-refractivity contribution in [3.8, 4) is 23.3 Å². The number of aromatic nitrogens is 1. The lowest BCUT2D eigenvalue weighted by atomic mass is 10.0. The van der Waals surface area contributed by atoms with Crippen molar-refractivity contribution in [2.45, 2.75) is 17.2 Å². The van der Waals surface area contributed by atoms with Crippen LogP contribution in [0.5, 0.6) is 0 Å². The van der Waals surface area contributed by atoms with Gasteiger partial charge in [0.25, 0.3) is 0 Å². The van der Waals surface area contributed by atoms with Crippen molar-refractivity contribution < 1.29 is 4.79 Å². The van der Waals surface area contributed by atoms with Gasteiger partial charge in [-0.2, -0.15) is 10.5 Å². The molecule has 0 saturated carbocycles. The number of nitrogen functional groups attached to an aromatic ring is 1. The van der Waals surface area contributed by atoms with E-state index >= 15 is 0 Å². The van der Waals surface area contributed by atoms with E-state index in [4.69, 9.17) is 11.0 Å². The van der Waals surface area contributed by atoms with Gasteiger partial charge in [0.05, 0.1) is 16.4 Å². The number of nitrogens with zero attached hydrogens (tertiary/aromatic N) is 3. The number of pyridine rings is 1. The Bertz CT molecular complexity index is 1130. The van der Waals surface area contributed by atoms with E-state index in [1.54, 1.807) is 6.92 Å². The molecule has 3 rings (SSSR count). The molecule has 0 radical (unpaired) electrons. The average molecular weight is 399 g/mol. The SMILES string of the molecule is C[C@@H](Sc1nc(N)c(C#N)cc1C#N)C(=O)Nc1ccccc1-c1ccccc1. The fourth-order valence-corrected chi connectivity index (χ4v) is 3.57. The van der Waals surface area contributed by atoms with Gasteiger partial charge in [-0.15, -0.1) is 0 Å². The number of thioether (sulfide) groups is 1. The quantitative estimate of drug-likeness (QED) is 0.621. The molecule has 0 saturated heterocycles. The number of nitrogens with two attached hydrogens (primary N) is 1. The molecule has 1 atom stereocenters. The first kappa shape index (κ1) is 19.9. The Labute approximate surface area is 173 Å². The summed E-state index contributed by atoms with van der Waals surface area (Å²) in [4.78, 5) is 16.9. The molecule has 7 heteroatoms. The van der Waals surface area contributed by atoms with Gasteiger partial charge in [-0.1, -0.05) is 60.3 Å². The zero-order valence-corrected chi connectivity index (χ0v) is 16.4. The summed E-state index contributed by atoms with van der Waals surface area (Å²) in [7, 11) is 0. The van der Waals surface area contributed by atoms with Crippen LogP contribution < -0.4 is 11.1 Å². The third-order valence-corrected chi connectivity index (χ3v) is 5.29. The molecule has 0 fully saturated rings. The van der Waals surface area contributed by atoms with E-state index in [1.807, 2.05) is 66.7 Å². The maximum Gasteiger partial charge on any atom is 0.237 e. The van der Waals surface area contributed by atoms with Gasteiger partial charge in [0.2, 0.25) is 5.91 Å². The molecule has 3 aromatic rings. The molecule has 0 aliphatic rings. The Morgan fingerprint density at radius 1 is 1.07 bits per heavy atom. The monoisotopic (exact) mass is 399 g/mol. The van der Waals surface area contributed by atoms with Crippen LogP contribution in [-0.4, -0.2) is 16.1 Å². The molecule has 0 aliphatic carbocycles. The standard InChI is InChI=1S/C22H17N5OS/c1-14(29-22-17(13-24)11-16(12-23)20(25)27-22)21(28)26-19-10-6-5-9-18(19)15-7-3-2-4-8-15/h2-11,14H,1H3,(H2,25,27)(H,26,28)/t14-/m1/s1. The highest BCUT2D eigenvalue weighted by molar-refractivity contribution is 8.00. The minimum Gasteiger partial charge on any atom is -0.383 e. The van der Waals surface area contributed by atoms with Gasteiger partial charge in [-0.25, -0.2) is 4.98 Å². The molecule has 0 spiro atoms. The first-order valence-corrected chi connectivity index (χ1v) is 9.64. The summed E-state index contributed by atoms with van der Waals surface area (Å²) in [5, 5.41) is 21.1. The Morgan fingerprint density at radius 3 is 2.41 bits per heavy atom. The Balaban J connectivity index is 1.81. The lowest BCUT2D eigenvalue weighted by molar-refractivity contribution is -0.115. The second-order valence-electron chi connectivity index (χ2n) is 6.16. The normalized spacial score (nSPS) is 11.1. The highest BCUT2D eigenvalue weighted by Gasteiger charge is 2.20. The van der Waals surface area contributed by atoms with E-state index in [1.165, 1.54) is 6.07 Å². The lowest BCUT2D eigenvalue weighted by Crippen LogP contribution is -2.23. The zero-order chi connectivity index (χ0) is 20.8. The topological polar surface area (TPSA) is 116 Å². The van der Waals surface area contributed by atoms with Crippen LogP contribution in [0.4, 0.5) is 11.5 Å². The Morgan fingerprint density at radius 2 is 1.72 bits per heavy atom. The fourth-order valence-electron chi connectivity index (χ4n) is 2.69. The minimum absolute atomic E-state index is 0.0380. The van der Waals surface area contributed by atoms with E-state index in [9.17, 15) is 10.1 Å². The highest BCUT2D eigenvalue weighted by atomic mass is 32.2. The van der Waals surface area contributed by atoms with Crippen molar-refractivity contribution >= 4 is 29.2 Å². The largest absolute Gasteiger partial charge is 0.383 e. The molecule has 0 bridgehead atoms. The molecule has 1 amide bonds. The predicted molar refractivity (Wildman–Crippen MR) is 114 cm³/mol. The summed E-state index contributed by atoms with van der Waals surface area (Å²) in [6.07, 6.45) is 0. The molecular weight excluding hydrogens is 382 g/mol. The van der Waals surface area contributed by atoms with Gasteiger partial charge < -0.3 is 11.1 Å². The number of carbonyl (C=O) groups excluding carboxylic acids is 1. The van der Waals surface area contributed by atoms with E-state index in [0.29, 0.717) is 10.7 Å². The van der Waals surface area contributed by atoms with Crippen LogP contribution in [-0.2, 0) is 4.79 Å². The first-order valence-electron chi connectivity index (χ1n) is 8.76. The van der Waals surface area contributed by atoms with Gasteiger partial charge >= 0.3 is 0 Å². The Hall–Kier alpha value is -3.81. The molecular formula is C22H17N5OS. The molecule has 3 N–H and O–H groups in total. The summed E-state index contributed by atoms with van der Waals surface area (Å²) < 4.78 is 0. The maximum atomic E-state index is 12.8. The number of nitriles is 2. The lowest BCUT2D eigenvalue weighted by Gasteiger charge is -2.15. The third-order valence-electron chi connectivity index (χ3n) is 4.19. The summed E-state index contributed by atoms with van der Waals surface area (Å²) in [6.45, 7) is 1.72. The number of hydrogen-bond acceptors (Lipinski definition) is 6. The molecule has 142 valence electrons. The third kappa shape index (κ3) is 4.55. The van der Waals surface area contributed by atoms with Gasteiger partial charge in [-0.3, -0.25) is 4.79 Å². The van der Waals surface area contributed by atoms with Crippen molar-refractivity contribution in [3.63, 3.8) is 0 Å². The summed E-state index contributed by atoms with van der Waals surface area (Å²) in [5.74, 6) is -0.192. The number of para-hydroxylation sites is 1. The number of amides is 1. The van der Waals surface area contributed by atoms with Gasteiger partial charge in [0.15, 0.2) is 0 Å². The van der Waals surface area contributed by atoms with Crippen molar-refractivity contribution in [3.05, 3.63) is 71.8 Å². The number of hydrogen-bond donors (Lipinski definition) is 2. The Kier molecular flexibility index (Phi) is 6.13. The number of rotatable bonds is 5. The second-order valence-corrected chi connectivity index (χ2v) is 7.49. The van der Waals surface area contributed by atoms with Crippen LogP contribution in [0.2, 0.25) is 0 Å². The molecule has 2 aromatic carbocycles. The van der Waals surface area contributed by atoms with E-state index in [-0.39, 0.29) is 22.9 Å². The molecule has 1 aromatic heterocycles. The maximum absolute atomic E-state index is 12.8. The van der Waals surface area contributed by atoms with Crippen molar-refractivity contribution in [1.82, 2.24) is 4.98 Å². The van der Waals surface area contributed by atoms with Gasteiger partial charge in [0.1, 0.15) is 23.0 Å². The van der Waals surface area contributed by atoms with Crippen LogP contribution in [0.25, 0.3) is 11.1 Å². The highest BCUT2D eigenvalue weighted by Crippen LogP contribution is 2.30. The number of anilines is 2. The van der Waals surface area contributed by atoms with Crippen LogP contribution in [0.3, 0.4) is 0 Å². The second kappa shape index (κ2) is 8.92. The number of benzene rings is 2. The molecule has 0 aliphatic heterocycles. The van der Waals surface area contributed by atoms with Crippen LogP contribution in [0.15, 0.2) is 65.7 Å². The van der Waals surface area contributed by atoms with E-state index in [0.717, 1.165) is 22.9 Å². The average Bonchev–Trinajstić information content (AvgIpc) is 2.75. The number of nitrogens with one attached hydrogen (secondary N) is 1. The summed E-state index contributed by atoms with van der Waals surface area (Å²) in [5.41, 5.74) is 8.72. The number of carbonyl (C=O) groups is 1. The molecule has 1 heterocycles. The van der Waals surface area contributed by atoms with Crippen LogP contribution in [0.1, 0.15) is 18.1 Å². The van der Waals surface area contributed by atoms with E-state index < -0.39 is 5.25 Å². The molecule has 29 heavy (non-hydrogen) atoms. The van der Waals surface area contributed by atoms with Crippen LogP contribution in [0, 0.1) is 22.7 Å². The molecule has 6 nitrogen and oxygen atoms in total. The fraction of sp³-hybridized carbons (Fsp3) is 0.0909. The first-order chi connectivity index (χ1) is 14.0. The summed E-state index contributed by atoms with van der Waals surface area (Å²) in [6, 6.07) is 22.6. The van der Waals surface area contributed by atoms with Crippen molar-refractivity contribution in [2.24, 2.45) is 0 Å². The van der Waals surface area contributed by atoms with Crippen molar-refractivity contribution in [2.75, 3.05) is 11.1 Å². The smallest absolute Gasteiger partial charge is 0.237 e. The zero-order valence-electron chi connectivity index (χ0n) is 15.6. The van der Waals surface area contributed by atoms with E-state index in [2.05, 4.69) is 10.3 Å². The predicted octanol–water partition coefficient (Wildman–Crippen LogP) is 4.19. The van der Waals surface area contributed by atoms with Gasteiger partial charge in [0, 0.05) is 11.3 Å². The van der Waals surface area contributed by atoms with Crippen LogP contribution >= 0.6 is 11.8 Å². The molecule has 0 unspecified atom stereocenters.